The van der Waals surface area contributed by atoms with Gasteiger partial charge in [0.25, 0.3) is 0 Å². The lowest BCUT2D eigenvalue weighted by Crippen LogP contribution is -2.37. The Balaban J connectivity index is 2.05. The van der Waals surface area contributed by atoms with E-state index in [1.165, 1.54) is 18.9 Å². The Morgan fingerprint density at radius 3 is 2.70 bits per heavy atom. The van der Waals surface area contributed by atoms with Gasteiger partial charge in [-0.15, -0.1) is 0 Å². The number of halogens is 1. The van der Waals surface area contributed by atoms with Crippen molar-refractivity contribution in [1.82, 2.24) is 10.2 Å². The van der Waals surface area contributed by atoms with Crippen molar-refractivity contribution in [3.63, 3.8) is 0 Å². The first-order valence-corrected chi connectivity index (χ1v) is 7.55. The van der Waals surface area contributed by atoms with Gasteiger partial charge in [-0.05, 0) is 51.4 Å². The average Bonchev–Trinajstić information content (AvgIpc) is 2.45. The fourth-order valence-electron chi connectivity index (χ4n) is 3.01. The molecule has 0 saturated carbocycles. The Labute approximate surface area is 120 Å². The SMILES string of the molecule is CCN(CC1CCNCC1)C(C)c1ccc(O)cc1F. The number of hydrogen-bond donors (Lipinski definition) is 2. The summed E-state index contributed by atoms with van der Waals surface area (Å²) in [6, 6.07) is 4.49. The number of piperidine rings is 1. The normalized spacial score (nSPS) is 18.4. The maximum Gasteiger partial charge on any atom is 0.131 e. The molecule has 1 fully saturated rings. The predicted molar refractivity (Wildman–Crippen MR) is 79.3 cm³/mol. The number of nitrogens with one attached hydrogen (secondary N) is 1. The molecule has 0 amide bonds. The van der Waals surface area contributed by atoms with Crippen molar-refractivity contribution in [3.05, 3.63) is 29.6 Å². The highest BCUT2D eigenvalue weighted by atomic mass is 19.1. The lowest BCUT2D eigenvalue weighted by Gasteiger charge is -2.33. The van der Waals surface area contributed by atoms with Crippen LogP contribution in [-0.2, 0) is 0 Å². The quantitative estimate of drug-likeness (QED) is 0.870. The summed E-state index contributed by atoms with van der Waals surface area (Å²) in [6.07, 6.45) is 2.39. The number of hydrogen-bond acceptors (Lipinski definition) is 3. The topological polar surface area (TPSA) is 35.5 Å². The number of aromatic hydroxyl groups is 1. The molecule has 1 aromatic carbocycles. The van der Waals surface area contributed by atoms with Crippen molar-refractivity contribution in [1.29, 1.82) is 0 Å². The summed E-state index contributed by atoms with van der Waals surface area (Å²) in [5.41, 5.74) is 0.665. The molecule has 4 heteroatoms. The molecule has 112 valence electrons. The van der Waals surface area contributed by atoms with E-state index >= 15 is 0 Å². The maximum atomic E-state index is 14.0. The van der Waals surface area contributed by atoms with Gasteiger partial charge < -0.3 is 10.4 Å². The highest BCUT2D eigenvalue weighted by Gasteiger charge is 2.22. The van der Waals surface area contributed by atoms with E-state index < -0.39 is 0 Å². The van der Waals surface area contributed by atoms with Gasteiger partial charge in [0.2, 0.25) is 0 Å². The number of nitrogens with zero attached hydrogens (tertiary/aromatic N) is 1. The standard InChI is InChI=1S/C16H25FN2O/c1-3-19(11-13-6-8-18-9-7-13)12(2)15-5-4-14(20)10-16(15)17/h4-5,10,12-13,18,20H,3,6-9,11H2,1-2H3. The second kappa shape index (κ2) is 7.04. The van der Waals surface area contributed by atoms with Crippen LogP contribution in [0.5, 0.6) is 5.75 Å². The van der Waals surface area contributed by atoms with Gasteiger partial charge >= 0.3 is 0 Å². The molecule has 0 spiro atoms. The zero-order valence-corrected chi connectivity index (χ0v) is 12.4. The minimum absolute atomic E-state index is 0.0140. The Kier molecular flexibility index (Phi) is 5.38. The molecular formula is C16H25FN2O. The molecule has 1 heterocycles. The molecule has 1 unspecified atom stereocenters. The largest absolute Gasteiger partial charge is 0.508 e. The van der Waals surface area contributed by atoms with E-state index in [1.807, 2.05) is 6.92 Å². The van der Waals surface area contributed by atoms with Gasteiger partial charge in [0.05, 0.1) is 0 Å². The number of phenolic OH excluding ortho intramolecular Hbond substituents is 1. The lowest BCUT2D eigenvalue weighted by molar-refractivity contribution is 0.166. The van der Waals surface area contributed by atoms with E-state index in [9.17, 15) is 9.50 Å². The fraction of sp³-hybridized carbons (Fsp3) is 0.625. The molecule has 2 rings (SSSR count). The van der Waals surface area contributed by atoms with Crippen LogP contribution in [0.15, 0.2) is 18.2 Å². The van der Waals surface area contributed by atoms with Crippen LogP contribution >= 0.6 is 0 Å². The van der Waals surface area contributed by atoms with E-state index in [0.717, 1.165) is 26.2 Å². The Morgan fingerprint density at radius 2 is 2.10 bits per heavy atom. The van der Waals surface area contributed by atoms with Crippen LogP contribution in [0.3, 0.4) is 0 Å². The minimum atomic E-state index is -0.318. The molecule has 0 radical (unpaired) electrons. The highest BCUT2D eigenvalue weighted by molar-refractivity contribution is 5.29. The first-order chi connectivity index (χ1) is 9.61. The van der Waals surface area contributed by atoms with Crippen molar-refractivity contribution < 1.29 is 9.50 Å². The third kappa shape index (κ3) is 3.70. The second-order valence-corrected chi connectivity index (χ2v) is 5.66. The van der Waals surface area contributed by atoms with E-state index in [-0.39, 0.29) is 17.6 Å². The summed E-state index contributed by atoms with van der Waals surface area (Å²) in [6.45, 7) is 8.26. The van der Waals surface area contributed by atoms with Gasteiger partial charge in [-0.3, -0.25) is 4.90 Å². The van der Waals surface area contributed by atoms with E-state index in [1.54, 1.807) is 12.1 Å². The fourth-order valence-corrected chi connectivity index (χ4v) is 3.01. The van der Waals surface area contributed by atoms with E-state index in [0.29, 0.717) is 11.5 Å². The summed E-state index contributed by atoms with van der Waals surface area (Å²) in [7, 11) is 0. The zero-order valence-electron chi connectivity index (χ0n) is 12.4. The molecule has 0 aromatic heterocycles. The average molecular weight is 280 g/mol. The molecule has 1 aromatic rings. The van der Waals surface area contributed by atoms with Gasteiger partial charge in [-0.2, -0.15) is 0 Å². The van der Waals surface area contributed by atoms with Crippen LogP contribution in [0.25, 0.3) is 0 Å². The summed E-state index contributed by atoms with van der Waals surface area (Å²) < 4.78 is 14.0. The summed E-state index contributed by atoms with van der Waals surface area (Å²) in [5, 5.41) is 12.7. The first kappa shape index (κ1) is 15.3. The van der Waals surface area contributed by atoms with Crippen molar-refractivity contribution in [2.24, 2.45) is 5.92 Å². The van der Waals surface area contributed by atoms with Gasteiger partial charge in [-0.1, -0.05) is 13.0 Å². The maximum absolute atomic E-state index is 14.0. The Hall–Kier alpha value is -1.13. The van der Waals surface area contributed by atoms with E-state index in [4.69, 9.17) is 0 Å². The van der Waals surface area contributed by atoms with Crippen LogP contribution in [-0.4, -0.2) is 36.2 Å². The van der Waals surface area contributed by atoms with Crippen LogP contribution < -0.4 is 5.32 Å². The van der Waals surface area contributed by atoms with Crippen LogP contribution in [0.4, 0.5) is 4.39 Å². The molecule has 20 heavy (non-hydrogen) atoms. The molecular weight excluding hydrogens is 255 g/mol. The van der Waals surface area contributed by atoms with Crippen LogP contribution in [0.2, 0.25) is 0 Å². The molecule has 0 aliphatic carbocycles. The smallest absolute Gasteiger partial charge is 0.131 e. The minimum Gasteiger partial charge on any atom is -0.508 e. The van der Waals surface area contributed by atoms with E-state index in [2.05, 4.69) is 17.1 Å². The predicted octanol–water partition coefficient (Wildman–Crippen LogP) is 2.91. The van der Waals surface area contributed by atoms with Crippen molar-refractivity contribution in [2.45, 2.75) is 32.7 Å². The van der Waals surface area contributed by atoms with Gasteiger partial charge in [0.15, 0.2) is 0 Å². The summed E-state index contributed by atoms with van der Waals surface area (Å²) in [4.78, 5) is 2.32. The van der Waals surface area contributed by atoms with Gasteiger partial charge in [0, 0.05) is 24.2 Å². The monoisotopic (exact) mass is 280 g/mol. The van der Waals surface area contributed by atoms with Crippen molar-refractivity contribution in [2.75, 3.05) is 26.2 Å². The molecule has 1 aliphatic heterocycles. The molecule has 1 atom stereocenters. The third-order valence-electron chi connectivity index (χ3n) is 4.34. The van der Waals surface area contributed by atoms with Gasteiger partial charge in [-0.25, -0.2) is 4.39 Å². The van der Waals surface area contributed by atoms with Crippen LogP contribution in [0, 0.1) is 11.7 Å². The summed E-state index contributed by atoms with van der Waals surface area (Å²) in [5.74, 6) is 0.361. The number of rotatable bonds is 5. The molecule has 1 saturated heterocycles. The molecule has 2 N–H and O–H groups in total. The third-order valence-corrected chi connectivity index (χ3v) is 4.34. The first-order valence-electron chi connectivity index (χ1n) is 7.55. The highest BCUT2D eigenvalue weighted by Crippen LogP contribution is 2.27. The number of phenols is 1. The number of benzene rings is 1. The molecule has 1 aliphatic rings. The Morgan fingerprint density at radius 1 is 1.40 bits per heavy atom. The Bertz CT molecular complexity index is 432. The van der Waals surface area contributed by atoms with Gasteiger partial charge in [0.1, 0.15) is 11.6 Å². The van der Waals surface area contributed by atoms with Crippen molar-refractivity contribution >= 4 is 0 Å². The molecule has 0 bridgehead atoms. The second-order valence-electron chi connectivity index (χ2n) is 5.66. The molecule has 3 nitrogen and oxygen atoms in total. The summed E-state index contributed by atoms with van der Waals surface area (Å²) >= 11 is 0. The zero-order chi connectivity index (χ0) is 14.5. The van der Waals surface area contributed by atoms with Crippen LogP contribution in [0.1, 0.15) is 38.3 Å². The van der Waals surface area contributed by atoms with Crippen molar-refractivity contribution in [3.8, 4) is 5.75 Å². The lowest BCUT2D eigenvalue weighted by atomic mass is 9.96.